The van der Waals surface area contributed by atoms with Crippen molar-refractivity contribution in [3.8, 4) is 0 Å². The standard InChI is InChI=1S/C23H30N4O.HI/c1-3-16(2)26-22(28)19-13-11-17(12-14-19)15-25-23(24)27-21-10-6-8-18-7-4-5-9-20(18)21;/h6,8,10-14,16H,3-5,7,9,15H2,1-2H3,(H,26,28)(H3,24,25,27);1H. The van der Waals surface area contributed by atoms with Crippen LogP contribution in [0.5, 0.6) is 0 Å². The average molecular weight is 506 g/mol. The van der Waals surface area contributed by atoms with Crippen molar-refractivity contribution in [3.05, 3.63) is 64.7 Å². The maximum Gasteiger partial charge on any atom is 0.251 e. The largest absolute Gasteiger partial charge is 0.370 e. The molecule has 0 radical (unpaired) electrons. The Kier molecular flexibility index (Phi) is 8.95. The summed E-state index contributed by atoms with van der Waals surface area (Å²) in [7, 11) is 0. The Hall–Kier alpha value is -2.09. The van der Waals surface area contributed by atoms with Gasteiger partial charge in [0.2, 0.25) is 0 Å². The highest BCUT2D eigenvalue weighted by molar-refractivity contribution is 14.0. The Morgan fingerprint density at radius 1 is 1.14 bits per heavy atom. The molecule has 5 nitrogen and oxygen atoms in total. The molecule has 29 heavy (non-hydrogen) atoms. The summed E-state index contributed by atoms with van der Waals surface area (Å²) in [4.78, 5) is 16.6. The number of hydrogen-bond acceptors (Lipinski definition) is 2. The third-order valence-electron chi connectivity index (χ3n) is 5.30. The Morgan fingerprint density at radius 3 is 2.59 bits per heavy atom. The first kappa shape index (κ1) is 23.2. The number of aliphatic imine (C=N–C) groups is 1. The van der Waals surface area contributed by atoms with Gasteiger partial charge in [-0.2, -0.15) is 0 Å². The van der Waals surface area contributed by atoms with Crippen LogP contribution in [0.2, 0.25) is 0 Å². The molecule has 1 aliphatic rings. The van der Waals surface area contributed by atoms with Crippen LogP contribution in [0.1, 0.15) is 60.2 Å². The molecule has 4 N–H and O–H groups in total. The summed E-state index contributed by atoms with van der Waals surface area (Å²) in [5.74, 6) is 0.372. The van der Waals surface area contributed by atoms with E-state index in [2.05, 4.69) is 40.7 Å². The van der Waals surface area contributed by atoms with E-state index in [0.29, 0.717) is 18.1 Å². The molecule has 0 saturated carbocycles. The lowest BCUT2D eigenvalue weighted by atomic mass is 9.90. The Morgan fingerprint density at radius 2 is 1.86 bits per heavy atom. The molecule has 3 rings (SSSR count). The number of benzene rings is 2. The molecule has 0 aliphatic heterocycles. The summed E-state index contributed by atoms with van der Waals surface area (Å²) in [6, 6.07) is 14.0. The van der Waals surface area contributed by atoms with Crippen molar-refractivity contribution in [1.29, 1.82) is 0 Å². The first-order valence-electron chi connectivity index (χ1n) is 10.1. The Bertz CT molecular complexity index is 848. The van der Waals surface area contributed by atoms with E-state index in [4.69, 9.17) is 5.73 Å². The minimum absolute atomic E-state index is 0. The van der Waals surface area contributed by atoms with Crippen molar-refractivity contribution in [2.75, 3.05) is 5.32 Å². The second kappa shape index (κ2) is 11.2. The minimum Gasteiger partial charge on any atom is -0.370 e. The van der Waals surface area contributed by atoms with E-state index in [9.17, 15) is 4.79 Å². The molecule has 6 heteroatoms. The van der Waals surface area contributed by atoms with Gasteiger partial charge in [-0.25, -0.2) is 4.99 Å². The van der Waals surface area contributed by atoms with Gasteiger partial charge < -0.3 is 16.4 Å². The van der Waals surface area contributed by atoms with E-state index in [-0.39, 0.29) is 35.9 Å². The van der Waals surface area contributed by atoms with Crippen LogP contribution in [0.25, 0.3) is 0 Å². The second-order valence-electron chi connectivity index (χ2n) is 7.46. The summed E-state index contributed by atoms with van der Waals surface area (Å²) in [5, 5.41) is 6.23. The van der Waals surface area contributed by atoms with Crippen LogP contribution in [0, 0.1) is 0 Å². The molecular weight excluding hydrogens is 475 g/mol. The van der Waals surface area contributed by atoms with Gasteiger partial charge in [0.15, 0.2) is 5.96 Å². The molecule has 2 aromatic rings. The molecule has 2 aromatic carbocycles. The van der Waals surface area contributed by atoms with Gasteiger partial charge in [0.05, 0.1) is 6.54 Å². The van der Waals surface area contributed by atoms with Crippen LogP contribution >= 0.6 is 24.0 Å². The zero-order valence-electron chi connectivity index (χ0n) is 17.2. The average Bonchev–Trinajstić information content (AvgIpc) is 2.72. The number of rotatable bonds is 6. The highest BCUT2D eigenvalue weighted by Crippen LogP contribution is 2.27. The molecule has 0 bridgehead atoms. The summed E-state index contributed by atoms with van der Waals surface area (Å²) in [6.07, 6.45) is 5.62. The lowest BCUT2D eigenvalue weighted by molar-refractivity contribution is 0.0939. The number of nitrogens with zero attached hydrogens (tertiary/aromatic N) is 1. The van der Waals surface area contributed by atoms with E-state index >= 15 is 0 Å². The highest BCUT2D eigenvalue weighted by atomic mass is 127. The fourth-order valence-electron chi connectivity index (χ4n) is 3.42. The summed E-state index contributed by atoms with van der Waals surface area (Å²) in [6.45, 7) is 4.53. The van der Waals surface area contributed by atoms with Crippen molar-refractivity contribution in [1.82, 2.24) is 5.32 Å². The van der Waals surface area contributed by atoms with Crippen LogP contribution in [-0.4, -0.2) is 17.9 Å². The SMILES string of the molecule is CCC(C)NC(=O)c1ccc(CN=C(N)Nc2cccc3c2CCCC3)cc1.I. The number of carbonyl (C=O) groups excluding carboxylic acids is 1. The second-order valence-corrected chi connectivity index (χ2v) is 7.46. The Balaban J connectivity index is 0.00000300. The van der Waals surface area contributed by atoms with Crippen molar-refractivity contribution < 1.29 is 4.79 Å². The summed E-state index contributed by atoms with van der Waals surface area (Å²) < 4.78 is 0. The van der Waals surface area contributed by atoms with Crippen LogP contribution in [0.3, 0.4) is 0 Å². The molecule has 1 unspecified atom stereocenters. The van der Waals surface area contributed by atoms with Crippen LogP contribution in [0.4, 0.5) is 5.69 Å². The highest BCUT2D eigenvalue weighted by Gasteiger charge is 2.13. The first-order valence-corrected chi connectivity index (χ1v) is 10.1. The van der Waals surface area contributed by atoms with Gasteiger partial charge in [0, 0.05) is 17.3 Å². The monoisotopic (exact) mass is 506 g/mol. The van der Waals surface area contributed by atoms with Gasteiger partial charge in [0.1, 0.15) is 0 Å². The van der Waals surface area contributed by atoms with Crippen LogP contribution in [0.15, 0.2) is 47.5 Å². The number of guanidine groups is 1. The molecular formula is C23H31IN4O. The van der Waals surface area contributed by atoms with Crippen LogP contribution < -0.4 is 16.4 Å². The number of fused-ring (bicyclic) bond motifs is 1. The molecule has 1 aliphatic carbocycles. The summed E-state index contributed by atoms with van der Waals surface area (Å²) >= 11 is 0. The zero-order valence-corrected chi connectivity index (χ0v) is 19.5. The van der Waals surface area contributed by atoms with Crippen molar-refractivity contribution >= 4 is 41.5 Å². The number of hydrogen-bond donors (Lipinski definition) is 3. The lowest BCUT2D eigenvalue weighted by Gasteiger charge is -2.19. The van der Waals surface area contributed by atoms with Gasteiger partial charge in [-0.1, -0.05) is 31.2 Å². The third-order valence-corrected chi connectivity index (χ3v) is 5.30. The fourth-order valence-corrected chi connectivity index (χ4v) is 3.42. The van der Waals surface area contributed by atoms with E-state index < -0.39 is 0 Å². The third kappa shape index (κ3) is 6.45. The van der Waals surface area contributed by atoms with E-state index in [1.54, 1.807) is 0 Å². The number of amides is 1. The maximum atomic E-state index is 12.1. The zero-order chi connectivity index (χ0) is 19.9. The molecule has 1 atom stereocenters. The summed E-state index contributed by atoms with van der Waals surface area (Å²) in [5.41, 5.74) is 11.6. The molecule has 0 spiro atoms. The van der Waals surface area contributed by atoms with Gasteiger partial charge >= 0.3 is 0 Å². The predicted molar refractivity (Wildman–Crippen MR) is 131 cm³/mol. The van der Waals surface area contributed by atoms with Crippen molar-refractivity contribution in [3.63, 3.8) is 0 Å². The van der Waals surface area contributed by atoms with E-state index in [1.165, 1.54) is 24.0 Å². The number of carbonyl (C=O) groups is 1. The number of halogens is 1. The molecule has 0 fully saturated rings. The molecule has 1 amide bonds. The Labute approximate surface area is 190 Å². The van der Waals surface area contributed by atoms with E-state index in [0.717, 1.165) is 30.5 Å². The van der Waals surface area contributed by atoms with Crippen LogP contribution in [-0.2, 0) is 19.4 Å². The van der Waals surface area contributed by atoms with Gasteiger partial charge in [-0.3, -0.25) is 4.79 Å². The van der Waals surface area contributed by atoms with Gasteiger partial charge in [-0.05, 0) is 73.9 Å². The predicted octanol–water partition coefficient (Wildman–Crippen LogP) is 4.64. The number of anilines is 1. The van der Waals surface area contributed by atoms with Gasteiger partial charge in [-0.15, -0.1) is 24.0 Å². The number of nitrogens with one attached hydrogen (secondary N) is 2. The lowest BCUT2D eigenvalue weighted by Crippen LogP contribution is -2.31. The fraction of sp³-hybridized carbons (Fsp3) is 0.391. The topological polar surface area (TPSA) is 79.5 Å². The quantitative estimate of drug-likeness (QED) is 0.304. The normalized spacial score (nSPS) is 14.3. The number of nitrogens with two attached hydrogens (primary N) is 1. The van der Waals surface area contributed by atoms with Gasteiger partial charge in [0.25, 0.3) is 5.91 Å². The minimum atomic E-state index is -0.0422. The molecule has 156 valence electrons. The number of aryl methyl sites for hydroxylation is 1. The molecule has 0 heterocycles. The first-order chi connectivity index (χ1) is 13.6. The van der Waals surface area contributed by atoms with Crippen molar-refractivity contribution in [2.45, 2.75) is 58.5 Å². The maximum absolute atomic E-state index is 12.1. The smallest absolute Gasteiger partial charge is 0.251 e. The van der Waals surface area contributed by atoms with Crippen molar-refractivity contribution in [2.24, 2.45) is 10.7 Å². The molecule has 0 aromatic heterocycles. The van der Waals surface area contributed by atoms with E-state index in [1.807, 2.05) is 31.2 Å². The molecule has 0 saturated heterocycles.